The van der Waals surface area contributed by atoms with Crippen LogP contribution < -0.4 is 5.73 Å². The number of rotatable bonds is 0. The van der Waals surface area contributed by atoms with E-state index in [9.17, 15) is 5.11 Å². The van der Waals surface area contributed by atoms with Gasteiger partial charge in [0, 0.05) is 12.0 Å². The van der Waals surface area contributed by atoms with E-state index in [-0.39, 0.29) is 6.10 Å². The van der Waals surface area contributed by atoms with E-state index in [1.54, 1.807) is 0 Å². The van der Waals surface area contributed by atoms with E-state index in [0.717, 1.165) is 18.8 Å². The summed E-state index contributed by atoms with van der Waals surface area (Å²) in [5.41, 5.74) is 5.75. The fourth-order valence-electron chi connectivity index (χ4n) is 2.37. The molecule has 2 aliphatic carbocycles. The molecule has 0 aromatic rings. The summed E-state index contributed by atoms with van der Waals surface area (Å²) in [4.78, 5) is 0. The number of aliphatic hydroxyl groups is 1. The lowest BCUT2D eigenvalue weighted by molar-refractivity contribution is 0.103. The molecule has 2 heteroatoms. The first-order valence-electron chi connectivity index (χ1n) is 3.71. The van der Waals surface area contributed by atoms with Crippen molar-refractivity contribution in [1.29, 1.82) is 0 Å². The van der Waals surface area contributed by atoms with Gasteiger partial charge in [-0.3, -0.25) is 0 Å². The Morgan fingerprint density at radius 1 is 1.22 bits per heavy atom. The monoisotopic (exact) mass is 127 g/mol. The summed E-state index contributed by atoms with van der Waals surface area (Å²) < 4.78 is 0. The van der Waals surface area contributed by atoms with E-state index in [0.29, 0.717) is 12.0 Å². The second-order valence-electron chi connectivity index (χ2n) is 3.47. The summed E-state index contributed by atoms with van der Waals surface area (Å²) in [5.74, 6) is 1.19. The van der Waals surface area contributed by atoms with Gasteiger partial charge in [0.25, 0.3) is 0 Å². The van der Waals surface area contributed by atoms with Crippen LogP contribution in [0.4, 0.5) is 0 Å². The number of fused-ring (bicyclic) bond motifs is 2. The van der Waals surface area contributed by atoms with Crippen molar-refractivity contribution >= 4 is 0 Å². The minimum absolute atomic E-state index is 0.0706. The number of nitrogens with two attached hydrogens (primary N) is 1. The van der Waals surface area contributed by atoms with E-state index >= 15 is 0 Å². The Kier molecular flexibility index (Phi) is 1.08. The first kappa shape index (κ1) is 5.69. The number of hydrogen-bond acceptors (Lipinski definition) is 2. The predicted molar refractivity (Wildman–Crippen MR) is 34.8 cm³/mol. The summed E-state index contributed by atoms with van der Waals surface area (Å²) in [6, 6.07) is 0.304. The highest BCUT2D eigenvalue weighted by molar-refractivity contribution is 4.97. The smallest absolute Gasteiger partial charge is 0.0585 e. The molecule has 2 rings (SSSR count). The van der Waals surface area contributed by atoms with E-state index in [4.69, 9.17) is 5.73 Å². The first-order chi connectivity index (χ1) is 4.27. The quantitative estimate of drug-likeness (QED) is 0.485. The third-order valence-corrected chi connectivity index (χ3v) is 2.83. The van der Waals surface area contributed by atoms with Crippen LogP contribution in [0.15, 0.2) is 0 Å². The first-order valence-corrected chi connectivity index (χ1v) is 3.71. The molecule has 0 heterocycles. The summed E-state index contributed by atoms with van der Waals surface area (Å²) in [5, 5.41) is 9.31. The molecule has 2 aliphatic rings. The van der Waals surface area contributed by atoms with Gasteiger partial charge in [-0.25, -0.2) is 0 Å². The summed E-state index contributed by atoms with van der Waals surface area (Å²) in [6.45, 7) is 0. The van der Waals surface area contributed by atoms with Gasteiger partial charge in [0.2, 0.25) is 0 Å². The molecular weight excluding hydrogens is 114 g/mol. The molecular formula is C7H13NO. The molecule has 0 aromatic heterocycles. The van der Waals surface area contributed by atoms with Crippen molar-refractivity contribution in [3.05, 3.63) is 0 Å². The largest absolute Gasteiger partial charge is 0.393 e. The van der Waals surface area contributed by atoms with Crippen LogP contribution in [0.5, 0.6) is 0 Å². The van der Waals surface area contributed by atoms with Crippen LogP contribution in [-0.4, -0.2) is 17.3 Å². The zero-order valence-electron chi connectivity index (χ0n) is 5.46. The zero-order valence-corrected chi connectivity index (χ0v) is 5.46. The molecule has 3 N–H and O–H groups in total. The highest BCUT2D eigenvalue weighted by atomic mass is 16.3. The van der Waals surface area contributed by atoms with Gasteiger partial charge >= 0.3 is 0 Å². The molecule has 0 amide bonds. The van der Waals surface area contributed by atoms with E-state index in [1.807, 2.05) is 0 Å². The van der Waals surface area contributed by atoms with E-state index in [1.165, 1.54) is 6.42 Å². The Morgan fingerprint density at radius 3 is 2.33 bits per heavy atom. The second-order valence-corrected chi connectivity index (χ2v) is 3.47. The average Bonchev–Trinajstić information content (AvgIpc) is 2.22. The third kappa shape index (κ3) is 0.700. The van der Waals surface area contributed by atoms with Gasteiger partial charge in [-0.1, -0.05) is 0 Å². The van der Waals surface area contributed by atoms with Gasteiger partial charge in [0.05, 0.1) is 6.10 Å². The molecule has 2 fully saturated rings. The summed E-state index contributed by atoms with van der Waals surface area (Å²) >= 11 is 0. The average molecular weight is 127 g/mol. The highest BCUT2D eigenvalue weighted by Gasteiger charge is 2.43. The normalized spacial score (nSPS) is 56.7. The molecule has 2 saturated carbocycles. The van der Waals surface area contributed by atoms with Gasteiger partial charge in [-0.05, 0) is 25.2 Å². The van der Waals surface area contributed by atoms with Gasteiger partial charge in [-0.2, -0.15) is 0 Å². The van der Waals surface area contributed by atoms with Crippen molar-refractivity contribution in [3.63, 3.8) is 0 Å². The Hall–Kier alpha value is -0.0800. The van der Waals surface area contributed by atoms with Crippen LogP contribution in [0.3, 0.4) is 0 Å². The molecule has 0 radical (unpaired) electrons. The molecule has 0 aromatic carbocycles. The van der Waals surface area contributed by atoms with Gasteiger partial charge in [0.15, 0.2) is 0 Å². The lowest BCUT2D eigenvalue weighted by atomic mass is 9.94. The van der Waals surface area contributed by atoms with Crippen molar-refractivity contribution in [2.45, 2.75) is 31.4 Å². The molecule has 2 unspecified atom stereocenters. The van der Waals surface area contributed by atoms with Crippen molar-refractivity contribution < 1.29 is 5.11 Å². The van der Waals surface area contributed by atoms with Crippen LogP contribution >= 0.6 is 0 Å². The highest BCUT2D eigenvalue weighted by Crippen LogP contribution is 2.43. The minimum Gasteiger partial charge on any atom is -0.393 e. The number of aliphatic hydroxyl groups excluding tert-OH is 1. The Labute approximate surface area is 55.1 Å². The fraction of sp³-hybridized carbons (Fsp3) is 1.00. The molecule has 0 spiro atoms. The van der Waals surface area contributed by atoms with Gasteiger partial charge < -0.3 is 10.8 Å². The summed E-state index contributed by atoms with van der Waals surface area (Å²) in [6.07, 6.45) is 3.28. The molecule has 2 nitrogen and oxygen atoms in total. The standard InChI is InChI=1S/C7H13NO/c8-6-2-4-1-5(6)7(9)3-4/h4-7,9H,1-3,8H2/t4?,5?,6-,7-/m0/s1. The molecule has 9 heavy (non-hydrogen) atoms. The lowest BCUT2D eigenvalue weighted by Gasteiger charge is -2.21. The molecule has 2 bridgehead atoms. The Morgan fingerprint density at radius 2 is 2.00 bits per heavy atom. The van der Waals surface area contributed by atoms with Gasteiger partial charge in [-0.15, -0.1) is 0 Å². The topological polar surface area (TPSA) is 46.2 Å². The van der Waals surface area contributed by atoms with Crippen LogP contribution in [-0.2, 0) is 0 Å². The zero-order chi connectivity index (χ0) is 6.43. The van der Waals surface area contributed by atoms with Crippen LogP contribution in [0.2, 0.25) is 0 Å². The van der Waals surface area contributed by atoms with Crippen molar-refractivity contribution in [1.82, 2.24) is 0 Å². The third-order valence-electron chi connectivity index (χ3n) is 2.83. The Bertz CT molecular complexity index is 114. The maximum absolute atomic E-state index is 9.31. The van der Waals surface area contributed by atoms with Crippen molar-refractivity contribution in [3.8, 4) is 0 Å². The molecule has 0 saturated heterocycles. The van der Waals surface area contributed by atoms with Crippen molar-refractivity contribution in [2.75, 3.05) is 0 Å². The maximum Gasteiger partial charge on any atom is 0.0585 e. The summed E-state index contributed by atoms with van der Waals surface area (Å²) in [7, 11) is 0. The maximum atomic E-state index is 9.31. The minimum atomic E-state index is -0.0706. The Balaban J connectivity index is 2.13. The van der Waals surface area contributed by atoms with Crippen LogP contribution in [0.1, 0.15) is 19.3 Å². The van der Waals surface area contributed by atoms with E-state index in [2.05, 4.69) is 0 Å². The van der Waals surface area contributed by atoms with Crippen LogP contribution in [0, 0.1) is 11.8 Å². The van der Waals surface area contributed by atoms with Gasteiger partial charge in [0.1, 0.15) is 0 Å². The predicted octanol–water partition coefficient (Wildman–Crippen LogP) is 0.104. The molecule has 0 aliphatic heterocycles. The SMILES string of the molecule is N[C@H]1CC2CC1[C@@H](O)C2. The van der Waals surface area contributed by atoms with E-state index < -0.39 is 0 Å². The second kappa shape index (κ2) is 1.70. The van der Waals surface area contributed by atoms with Crippen molar-refractivity contribution in [2.24, 2.45) is 17.6 Å². The molecule has 4 atom stereocenters. The molecule has 52 valence electrons. The van der Waals surface area contributed by atoms with Crippen LogP contribution in [0.25, 0.3) is 0 Å². The fourth-order valence-corrected chi connectivity index (χ4v) is 2.37. The lowest BCUT2D eigenvalue weighted by Crippen LogP contribution is -2.34. The number of hydrogen-bond donors (Lipinski definition) is 2.